The number of benzene rings is 3. The fraction of sp³-hybridized carbons (Fsp3) is 0.378. The van der Waals surface area contributed by atoms with E-state index in [4.69, 9.17) is 0 Å². The second-order valence-corrected chi connectivity index (χ2v) is 15.7. The van der Waals surface area contributed by atoms with E-state index in [-0.39, 0.29) is 55.7 Å². The van der Waals surface area contributed by atoms with Crippen molar-refractivity contribution in [3.8, 4) is 22.4 Å². The quantitative estimate of drug-likeness (QED) is 0.0471. The molecule has 0 aliphatic rings. The van der Waals surface area contributed by atoms with Gasteiger partial charge in [0, 0.05) is 60.7 Å². The number of hydrogen-bond donors (Lipinski definition) is 1. The molecular formula is C45H52F4IrNO2S-. The minimum atomic E-state index is -4.30. The number of thiophene rings is 1. The van der Waals surface area contributed by atoms with E-state index in [1.807, 2.05) is 59.9 Å². The van der Waals surface area contributed by atoms with Gasteiger partial charge < -0.3 is 9.67 Å². The number of rotatable bonds is 11. The van der Waals surface area contributed by atoms with E-state index in [9.17, 15) is 23.1 Å². The molecule has 5 rings (SSSR count). The van der Waals surface area contributed by atoms with Gasteiger partial charge in [-0.1, -0.05) is 90.4 Å². The van der Waals surface area contributed by atoms with Crippen LogP contribution in [-0.2, 0) is 31.3 Å². The minimum absolute atomic E-state index is 0. The Bertz CT molecular complexity index is 2110. The van der Waals surface area contributed by atoms with Gasteiger partial charge in [0.2, 0.25) is 0 Å². The van der Waals surface area contributed by atoms with Crippen LogP contribution in [0.3, 0.4) is 0 Å². The molecule has 0 aliphatic carbocycles. The molecule has 3 nitrogen and oxygen atoms in total. The predicted octanol–water partition coefficient (Wildman–Crippen LogP) is 13.3. The van der Waals surface area contributed by atoms with Crippen LogP contribution >= 0.6 is 11.3 Å². The van der Waals surface area contributed by atoms with Gasteiger partial charge in [-0.3, -0.25) is 4.79 Å². The van der Waals surface area contributed by atoms with Crippen molar-refractivity contribution >= 4 is 37.3 Å². The first-order chi connectivity index (χ1) is 24.9. The Kier molecular flexibility index (Phi) is 15.2. The van der Waals surface area contributed by atoms with Crippen molar-refractivity contribution in [1.29, 1.82) is 0 Å². The summed E-state index contributed by atoms with van der Waals surface area (Å²) in [4.78, 5) is 11.7. The summed E-state index contributed by atoms with van der Waals surface area (Å²) >= 11 is 1.38. The van der Waals surface area contributed by atoms with E-state index in [1.54, 1.807) is 34.9 Å². The van der Waals surface area contributed by atoms with Crippen LogP contribution in [0.15, 0.2) is 72.6 Å². The van der Waals surface area contributed by atoms with Crippen molar-refractivity contribution in [2.45, 2.75) is 93.7 Å². The van der Waals surface area contributed by atoms with E-state index in [0.717, 1.165) is 69.1 Å². The first kappa shape index (κ1) is 44.7. The molecule has 2 heterocycles. The number of hydrogen-bond acceptors (Lipinski definition) is 3. The first-order valence-corrected chi connectivity index (χ1v) is 19.1. The summed E-state index contributed by atoms with van der Waals surface area (Å²) in [6, 6.07) is 16.5. The van der Waals surface area contributed by atoms with Gasteiger partial charge in [0.15, 0.2) is 5.78 Å². The number of ketones is 1. The smallest absolute Gasteiger partial charge is 0.394 e. The number of fused-ring (bicyclic) bond motifs is 3. The van der Waals surface area contributed by atoms with Crippen LogP contribution in [0.2, 0.25) is 0 Å². The summed E-state index contributed by atoms with van der Waals surface area (Å²) in [6.45, 7) is 18.8. The van der Waals surface area contributed by atoms with E-state index in [1.165, 1.54) is 31.3 Å². The average Bonchev–Trinajstić information content (AvgIpc) is 3.47. The Labute approximate surface area is 335 Å². The van der Waals surface area contributed by atoms with Gasteiger partial charge in [0.1, 0.15) is 5.82 Å². The molecule has 0 aliphatic heterocycles. The van der Waals surface area contributed by atoms with Gasteiger partial charge in [-0.2, -0.15) is 31.2 Å². The Hall–Kier alpha value is -3.65. The normalized spacial score (nSPS) is 12.3. The summed E-state index contributed by atoms with van der Waals surface area (Å²) in [7, 11) is 4.19. The summed E-state index contributed by atoms with van der Waals surface area (Å²) in [5.41, 5.74) is 4.70. The first-order valence-electron chi connectivity index (χ1n) is 18.3. The largest absolute Gasteiger partial charge is 0.512 e. The SMILES string of the molecule is CCC(CC)C(=O)/C=C(\O)C(CC)CC.[CH2-]c1c(C)cc(C)cc1-c1c2sc3c(F)c(-c4ccc(CC(C)(C)C(F)(F)F)cc4)ccc3c2cc[n+]1[CH2-].[Ir]. The topological polar surface area (TPSA) is 41.2 Å². The van der Waals surface area contributed by atoms with Crippen LogP contribution in [-0.4, -0.2) is 17.1 Å². The third-order valence-corrected chi connectivity index (χ3v) is 11.6. The zero-order valence-corrected chi connectivity index (χ0v) is 35.7. The number of allylic oxidation sites excluding steroid dienone is 2. The Morgan fingerprint density at radius 3 is 2.00 bits per heavy atom. The van der Waals surface area contributed by atoms with Crippen molar-refractivity contribution < 1.29 is 52.1 Å². The van der Waals surface area contributed by atoms with Gasteiger partial charge in [-0.05, 0) is 61.6 Å². The number of pyridine rings is 1. The molecule has 0 saturated heterocycles. The van der Waals surface area contributed by atoms with Crippen molar-refractivity contribution in [2.24, 2.45) is 17.3 Å². The Morgan fingerprint density at radius 2 is 1.44 bits per heavy atom. The van der Waals surface area contributed by atoms with Crippen LogP contribution in [0, 0.1) is 50.9 Å². The number of aryl methyl sites for hydroxylation is 2. The number of carbonyl (C=O) groups is 1. The molecule has 0 fully saturated rings. The molecule has 1 radical (unpaired) electrons. The molecule has 3 aromatic carbocycles. The number of alkyl halides is 3. The monoisotopic (exact) mass is 939 g/mol. The van der Waals surface area contributed by atoms with Crippen molar-refractivity contribution in [2.75, 3.05) is 0 Å². The van der Waals surface area contributed by atoms with Gasteiger partial charge >= 0.3 is 6.18 Å². The van der Waals surface area contributed by atoms with Crippen LogP contribution in [0.5, 0.6) is 0 Å². The third kappa shape index (κ3) is 9.58. The number of nitrogens with zero attached hydrogens (tertiary/aromatic N) is 1. The molecule has 293 valence electrons. The summed E-state index contributed by atoms with van der Waals surface area (Å²) in [6.07, 6.45) is 2.34. The number of aliphatic hydroxyl groups is 1. The Balaban J connectivity index is 0.000000418. The molecule has 9 heteroatoms. The molecule has 1 N–H and O–H groups in total. The maximum Gasteiger partial charge on any atom is 0.394 e. The fourth-order valence-corrected chi connectivity index (χ4v) is 8.06. The predicted molar refractivity (Wildman–Crippen MR) is 212 cm³/mol. The molecule has 0 amide bonds. The molecule has 0 bridgehead atoms. The van der Waals surface area contributed by atoms with Gasteiger partial charge in [-0.25, -0.2) is 4.39 Å². The molecule has 0 saturated carbocycles. The number of aliphatic hydroxyl groups excluding tert-OH is 1. The van der Waals surface area contributed by atoms with E-state index in [0.29, 0.717) is 21.4 Å². The van der Waals surface area contributed by atoms with Gasteiger partial charge in [0.05, 0.1) is 27.8 Å². The minimum Gasteiger partial charge on any atom is -0.512 e. The van der Waals surface area contributed by atoms with Crippen molar-refractivity contribution in [1.82, 2.24) is 0 Å². The van der Waals surface area contributed by atoms with Crippen LogP contribution in [0.25, 0.3) is 42.6 Å². The number of halogens is 4. The van der Waals surface area contributed by atoms with Crippen LogP contribution in [0.4, 0.5) is 17.6 Å². The second-order valence-electron chi connectivity index (χ2n) is 14.6. The Morgan fingerprint density at radius 1 is 0.870 bits per heavy atom. The van der Waals surface area contributed by atoms with Crippen molar-refractivity contribution in [3.63, 3.8) is 0 Å². The fourth-order valence-electron chi connectivity index (χ4n) is 6.76. The van der Waals surface area contributed by atoms with E-state index >= 15 is 4.39 Å². The molecule has 0 atom stereocenters. The van der Waals surface area contributed by atoms with Crippen LogP contribution < -0.4 is 4.57 Å². The number of aromatic nitrogens is 1. The maximum absolute atomic E-state index is 16.0. The van der Waals surface area contributed by atoms with Gasteiger partial charge in [0.25, 0.3) is 0 Å². The second kappa shape index (κ2) is 18.3. The standard InChI is InChI=1S/C32H28F4NS.C13H24O2.Ir/c1-18-15-19(2)20(3)26(16-18)28-30-25(13-14-37(28)6)24-12-11-23(27(33)29(24)38-30)22-9-7-21(8-10-22)17-31(4,5)32(34,35)36;1-5-10(6-2)12(14)9-13(15)11(7-3)8-4;/h7-16H,3,6,17H2,1-2,4-5H3;9-11,14H,5-8H2,1-4H3;/q-1;;/b;12-9-;. The third-order valence-electron chi connectivity index (χ3n) is 10.4. The summed E-state index contributed by atoms with van der Waals surface area (Å²) in [5, 5.41) is 11.5. The molecular weight excluding hydrogens is 887 g/mol. The summed E-state index contributed by atoms with van der Waals surface area (Å²) < 4.78 is 59.2. The molecule has 5 aromatic rings. The average molecular weight is 939 g/mol. The van der Waals surface area contributed by atoms with E-state index in [2.05, 4.69) is 26.1 Å². The number of carbonyl (C=O) groups excluding carboxylic acids is 1. The molecule has 54 heavy (non-hydrogen) atoms. The van der Waals surface area contributed by atoms with E-state index < -0.39 is 11.6 Å². The van der Waals surface area contributed by atoms with Crippen molar-refractivity contribution in [3.05, 3.63) is 115 Å². The molecule has 2 aromatic heterocycles. The summed E-state index contributed by atoms with van der Waals surface area (Å²) in [5.74, 6) is 0.204. The zero-order chi connectivity index (χ0) is 39.4. The zero-order valence-electron chi connectivity index (χ0n) is 32.5. The maximum atomic E-state index is 16.0. The van der Waals surface area contributed by atoms with Crippen LogP contribution in [0.1, 0.15) is 89.5 Å². The van der Waals surface area contributed by atoms with Gasteiger partial charge in [-0.15, -0.1) is 29.0 Å². The molecule has 0 spiro atoms. The molecule has 0 unspecified atom stereocenters.